The first-order valence-electron chi connectivity index (χ1n) is 7.34. The molecule has 1 aromatic carbocycles. The van der Waals surface area contributed by atoms with Gasteiger partial charge in [0, 0.05) is 37.0 Å². The summed E-state index contributed by atoms with van der Waals surface area (Å²) in [7, 11) is 1.61. The van der Waals surface area contributed by atoms with Gasteiger partial charge in [-0.1, -0.05) is 12.1 Å². The molecule has 2 rings (SSSR count). The van der Waals surface area contributed by atoms with Gasteiger partial charge in [0.25, 0.3) is 5.91 Å². The van der Waals surface area contributed by atoms with Crippen LogP contribution in [0.25, 0.3) is 11.1 Å². The zero-order valence-corrected chi connectivity index (χ0v) is 13.3. The lowest BCUT2D eigenvalue weighted by molar-refractivity contribution is -0.140. The van der Waals surface area contributed by atoms with Gasteiger partial charge in [0.2, 0.25) is 0 Å². The van der Waals surface area contributed by atoms with Gasteiger partial charge in [0.15, 0.2) is 5.69 Å². The van der Waals surface area contributed by atoms with Crippen LogP contribution in [-0.2, 0) is 6.18 Å². The molecule has 1 amide bonds. The maximum atomic E-state index is 13.0. The van der Waals surface area contributed by atoms with Crippen molar-refractivity contribution < 1.29 is 23.1 Å². The zero-order valence-electron chi connectivity index (χ0n) is 13.3. The Bertz CT molecular complexity index is 708. The molecule has 0 fully saturated rings. The number of aliphatic hydroxyl groups excluding tert-OH is 1. The lowest BCUT2D eigenvalue weighted by Gasteiger charge is -2.16. The Kier molecular flexibility index (Phi) is 5.28. The first-order valence-corrected chi connectivity index (χ1v) is 7.34. The van der Waals surface area contributed by atoms with Gasteiger partial charge in [0.1, 0.15) is 0 Å². The Labute approximate surface area is 137 Å². The van der Waals surface area contributed by atoms with E-state index in [-0.39, 0.29) is 18.1 Å². The number of aliphatic hydroxyl groups is 1. The second-order valence-corrected chi connectivity index (χ2v) is 5.45. The minimum absolute atomic E-state index is 0.0173. The van der Waals surface area contributed by atoms with Crippen molar-refractivity contribution in [1.82, 2.24) is 15.1 Å². The number of aryl methyl sites for hydroxylation is 1. The molecule has 8 heteroatoms. The van der Waals surface area contributed by atoms with E-state index in [1.54, 1.807) is 7.05 Å². The molecule has 0 unspecified atom stereocenters. The van der Waals surface area contributed by atoms with Crippen LogP contribution in [0.1, 0.15) is 28.2 Å². The Balaban J connectivity index is 2.28. The van der Waals surface area contributed by atoms with Crippen LogP contribution in [0.2, 0.25) is 0 Å². The molecule has 0 aliphatic heterocycles. The molecule has 24 heavy (non-hydrogen) atoms. The number of nitrogens with one attached hydrogen (secondary N) is 1. The third kappa shape index (κ3) is 3.76. The number of aromatic nitrogens is 2. The number of aromatic amines is 1. The molecule has 0 spiro atoms. The van der Waals surface area contributed by atoms with Crippen LogP contribution < -0.4 is 0 Å². The second kappa shape index (κ2) is 7.04. The summed E-state index contributed by atoms with van der Waals surface area (Å²) in [6, 6.07) is 5.92. The maximum absolute atomic E-state index is 13.0. The number of carbonyl (C=O) groups is 1. The highest BCUT2D eigenvalue weighted by Gasteiger charge is 2.37. The Morgan fingerprint density at radius 1 is 1.29 bits per heavy atom. The van der Waals surface area contributed by atoms with Gasteiger partial charge in [-0.15, -0.1) is 0 Å². The van der Waals surface area contributed by atoms with Gasteiger partial charge in [-0.3, -0.25) is 9.89 Å². The average Bonchev–Trinajstić information content (AvgIpc) is 2.94. The summed E-state index contributed by atoms with van der Waals surface area (Å²) in [5, 5.41) is 14.5. The van der Waals surface area contributed by atoms with Crippen LogP contribution in [0.4, 0.5) is 13.2 Å². The van der Waals surface area contributed by atoms with Crippen molar-refractivity contribution in [3.63, 3.8) is 0 Å². The highest BCUT2D eigenvalue weighted by Crippen LogP contribution is 2.37. The molecule has 2 N–H and O–H groups in total. The summed E-state index contributed by atoms with van der Waals surface area (Å²) in [6.07, 6.45) is -4.09. The smallest absolute Gasteiger partial charge is 0.396 e. The van der Waals surface area contributed by atoms with Crippen molar-refractivity contribution in [2.45, 2.75) is 19.5 Å². The number of nitrogens with zero attached hydrogens (tertiary/aromatic N) is 2. The standard InChI is InChI=1S/C16H18F3N3O2/c1-10-13(14(21-20-10)16(17,18)19)11-4-6-12(7-5-11)15(24)22(2)8-3-9-23/h4-7,23H,3,8-9H2,1-2H3,(H,20,21). The second-order valence-electron chi connectivity index (χ2n) is 5.45. The topological polar surface area (TPSA) is 69.2 Å². The average molecular weight is 341 g/mol. The molecule has 130 valence electrons. The summed E-state index contributed by atoms with van der Waals surface area (Å²) in [5.41, 5.74) is 0.0211. The Hall–Kier alpha value is -2.35. The first-order chi connectivity index (χ1) is 11.3. The number of rotatable bonds is 5. The third-order valence-corrected chi connectivity index (χ3v) is 3.63. The zero-order chi connectivity index (χ0) is 17.9. The molecule has 1 aromatic heterocycles. The number of alkyl halides is 3. The minimum Gasteiger partial charge on any atom is -0.396 e. The molecule has 1 heterocycles. The summed E-state index contributed by atoms with van der Waals surface area (Å²) in [4.78, 5) is 13.6. The quantitative estimate of drug-likeness (QED) is 0.879. The van der Waals surface area contributed by atoms with Crippen molar-refractivity contribution in [2.24, 2.45) is 0 Å². The van der Waals surface area contributed by atoms with Gasteiger partial charge in [-0.05, 0) is 31.0 Å². The van der Waals surface area contributed by atoms with Crippen LogP contribution in [0, 0.1) is 6.92 Å². The molecular formula is C16H18F3N3O2. The van der Waals surface area contributed by atoms with Crippen LogP contribution >= 0.6 is 0 Å². The van der Waals surface area contributed by atoms with E-state index in [0.29, 0.717) is 29.8 Å². The van der Waals surface area contributed by atoms with E-state index in [0.717, 1.165) is 0 Å². The van der Waals surface area contributed by atoms with Crippen molar-refractivity contribution in [2.75, 3.05) is 20.2 Å². The predicted molar refractivity (Wildman–Crippen MR) is 82.4 cm³/mol. The van der Waals surface area contributed by atoms with Crippen LogP contribution in [-0.4, -0.2) is 46.3 Å². The van der Waals surface area contributed by atoms with Crippen molar-refractivity contribution in [3.05, 3.63) is 41.2 Å². The van der Waals surface area contributed by atoms with E-state index in [4.69, 9.17) is 5.11 Å². The third-order valence-electron chi connectivity index (χ3n) is 3.63. The summed E-state index contributed by atoms with van der Waals surface area (Å²) < 4.78 is 39.0. The number of H-pyrrole nitrogens is 1. The van der Waals surface area contributed by atoms with E-state index in [2.05, 4.69) is 10.2 Å². The Morgan fingerprint density at radius 2 is 1.92 bits per heavy atom. The van der Waals surface area contributed by atoms with E-state index in [1.165, 1.54) is 36.1 Å². The number of halogens is 3. The van der Waals surface area contributed by atoms with Gasteiger partial charge in [0.05, 0.1) is 0 Å². The molecule has 0 saturated carbocycles. The first kappa shape index (κ1) is 18.0. The Morgan fingerprint density at radius 3 is 2.46 bits per heavy atom. The van der Waals surface area contributed by atoms with Crippen molar-refractivity contribution in [1.29, 1.82) is 0 Å². The van der Waals surface area contributed by atoms with Crippen LogP contribution in [0.15, 0.2) is 24.3 Å². The maximum Gasteiger partial charge on any atom is 0.435 e. The highest BCUT2D eigenvalue weighted by molar-refractivity contribution is 5.94. The fraction of sp³-hybridized carbons (Fsp3) is 0.375. The molecule has 2 aromatic rings. The largest absolute Gasteiger partial charge is 0.435 e. The van der Waals surface area contributed by atoms with Crippen LogP contribution in [0.5, 0.6) is 0 Å². The van der Waals surface area contributed by atoms with Crippen molar-refractivity contribution >= 4 is 5.91 Å². The van der Waals surface area contributed by atoms with E-state index in [9.17, 15) is 18.0 Å². The molecule has 0 bridgehead atoms. The fourth-order valence-electron chi connectivity index (χ4n) is 2.40. The van der Waals surface area contributed by atoms with Gasteiger partial charge < -0.3 is 10.0 Å². The van der Waals surface area contributed by atoms with Gasteiger partial charge >= 0.3 is 6.18 Å². The van der Waals surface area contributed by atoms with Crippen molar-refractivity contribution in [3.8, 4) is 11.1 Å². The number of hydrogen-bond donors (Lipinski definition) is 2. The normalized spacial score (nSPS) is 11.6. The van der Waals surface area contributed by atoms with E-state index in [1.807, 2.05) is 0 Å². The molecule has 5 nitrogen and oxygen atoms in total. The highest BCUT2D eigenvalue weighted by atomic mass is 19.4. The van der Waals surface area contributed by atoms with Gasteiger partial charge in [-0.2, -0.15) is 18.3 Å². The SMILES string of the molecule is Cc1[nH]nc(C(F)(F)F)c1-c1ccc(C(=O)N(C)CCCO)cc1. The van der Waals surface area contributed by atoms with E-state index >= 15 is 0 Å². The molecular weight excluding hydrogens is 323 g/mol. The number of amides is 1. The molecule has 0 radical (unpaired) electrons. The number of carbonyl (C=O) groups excluding carboxylic acids is 1. The molecule has 0 saturated heterocycles. The predicted octanol–water partition coefficient (Wildman–Crippen LogP) is 2.86. The molecule has 0 aliphatic rings. The monoisotopic (exact) mass is 341 g/mol. The minimum atomic E-state index is -4.56. The summed E-state index contributed by atoms with van der Waals surface area (Å²) >= 11 is 0. The fourth-order valence-corrected chi connectivity index (χ4v) is 2.40. The van der Waals surface area contributed by atoms with Crippen LogP contribution in [0.3, 0.4) is 0 Å². The molecule has 0 atom stereocenters. The lowest BCUT2D eigenvalue weighted by atomic mass is 10.0. The lowest BCUT2D eigenvalue weighted by Crippen LogP contribution is -2.28. The van der Waals surface area contributed by atoms with E-state index < -0.39 is 11.9 Å². The van der Waals surface area contributed by atoms with Gasteiger partial charge in [-0.25, -0.2) is 0 Å². The molecule has 0 aliphatic carbocycles. The summed E-state index contributed by atoms with van der Waals surface area (Å²) in [5.74, 6) is -0.255. The number of benzene rings is 1. The number of hydrogen-bond acceptors (Lipinski definition) is 3. The summed E-state index contributed by atoms with van der Waals surface area (Å²) in [6.45, 7) is 1.89.